The molecule has 3 heteroatoms. The lowest BCUT2D eigenvalue weighted by atomic mass is 9.98. The van der Waals surface area contributed by atoms with Gasteiger partial charge in [-0.15, -0.1) is 0 Å². The maximum absolute atomic E-state index is 13.2. The van der Waals surface area contributed by atoms with E-state index in [-0.39, 0.29) is 17.6 Å². The van der Waals surface area contributed by atoms with Gasteiger partial charge in [0, 0.05) is 6.04 Å². The molecule has 0 saturated heterocycles. The number of hydrogen-bond donors (Lipinski definition) is 2. The summed E-state index contributed by atoms with van der Waals surface area (Å²) in [5.74, 6) is 0.0820. The molecule has 0 saturated carbocycles. The number of nitrogens with one attached hydrogen (secondary N) is 1. The molecule has 1 atom stereocenters. The van der Waals surface area contributed by atoms with Gasteiger partial charge in [0.25, 0.3) is 0 Å². The number of hydrogen-bond acceptors (Lipinski definition) is 2. The number of phenolic OH excluding ortho intramolecular Hbond substituents is 1. The predicted octanol–water partition coefficient (Wildman–Crippen LogP) is 3.29. The van der Waals surface area contributed by atoms with Crippen molar-refractivity contribution in [2.24, 2.45) is 0 Å². The number of aromatic hydroxyl groups is 1. The molecular formula is C17H20FNO. The molecule has 0 aliphatic heterocycles. The first-order valence-corrected chi connectivity index (χ1v) is 6.93. The van der Waals surface area contributed by atoms with Crippen LogP contribution in [-0.2, 0) is 12.8 Å². The minimum Gasteiger partial charge on any atom is -0.508 e. The van der Waals surface area contributed by atoms with E-state index in [1.165, 1.54) is 6.07 Å². The third kappa shape index (κ3) is 4.35. The minimum atomic E-state index is -0.199. The topological polar surface area (TPSA) is 32.3 Å². The Labute approximate surface area is 119 Å². The van der Waals surface area contributed by atoms with Crippen molar-refractivity contribution in [1.29, 1.82) is 0 Å². The van der Waals surface area contributed by atoms with E-state index in [2.05, 4.69) is 12.2 Å². The molecule has 0 bridgehead atoms. The molecule has 2 aromatic carbocycles. The first-order chi connectivity index (χ1) is 9.67. The molecule has 2 nitrogen and oxygen atoms in total. The fourth-order valence-corrected chi connectivity index (χ4v) is 2.42. The van der Waals surface area contributed by atoms with Crippen LogP contribution in [0.5, 0.6) is 5.75 Å². The molecule has 0 aliphatic rings. The zero-order valence-electron chi connectivity index (χ0n) is 11.6. The second kappa shape index (κ2) is 7.06. The highest BCUT2D eigenvalue weighted by Gasteiger charge is 2.10. The van der Waals surface area contributed by atoms with Crippen LogP contribution < -0.4 is 5.32 Å². The summed E-state index contributed by atoms with van der Waals surface area (Å²) >= 11 is 0. The summed E-state index contributed by atoms with van der Waals surface area (Å²) in [5.41, 5.74) is 2.06. The lowest BCUT2D eigenvalue weighted by molar-refractivity contribution is 0.472. The minimum absolute atomic E-state index is 0.199. The van der Waals surface area contributed by atoms with Gasteiger partial charge in [-0.25, -0.2) is 4.39 Å². The van der Waals surface area contributed by atoms with Gasteiger partial charge in [0.1, 0.15) is 11.6 Å². The number of phenols is 1. The van der Waals surface area contributed by atoms with Gasteiger partial charge < -0.3 is 10.4 Å². The number of likely N-dealkylation sites (N-methyl/N-ethyl adjacent to an activating group) is 1. The third-order valence-electron chi connectivity index (χ3n) is 3.26. The highest BCUT2D eigenvalue weighted by Crippen LogP contribution is 2.15. The van der Waals surface area contributed by atoms with E-state index in [0.717, 1.165) is 30.5 Å². The normalized spacial score (nSPS) is 12.3. The Morgan fingerprint density at radius 2 is 1.70 bits per heavy atom. The molecule has 0 fully saturated rings. The van der Waals surface area contributed by atoms with E-state index < -0.39 is 0 Å². The van der Waals surface area contributed by atoms with Crippen molar-refractivity contribution in [3.05, 3.63) is 65.5 Å². The lowest BCUT2D eigenvalue weighted by Crippen LogP contribution is -2.33. The number of rotatable bonds is 6. The Kier molecular flexibility index (Phi) is 5.13. The average molecular weight is 273 g/mol. The third-order valence-corrected chi connectivity index (χ3v) is 3.26. The van der Waals surface area contributed by atoms with Gasteiger partial charge in [0.15, 0.2) is 0 Å². The van der Waals surface area contributed by atoms with Crippen LogP contribution >= 0.6 is 0 Å². The summed E-state index contributed by atoms with van der Waals surface area (Å²) in [4.78, 5) is 0. The Balaban J connectivity index is 2.07. The van der Waals surface area contributed by atoms with Gasteiger partial charge in [0.05, 0.1) is 0 Å². The van der Waals surface area contributed by atoms with Crippen LogP contribution in [0.25, 0.3) is 0 Å². The zero-order chi connectivity index (χ0) is 14.4. The maximum Gasteiger partial charge on any atom is 0.123 e. The van der Waals surface area contributed by atoms with Crippen molar-refractivity contribution in [3.8, 4) is 5.75 Å². The smallest absolute Gasteiger partial charge is 0.123 e. The van der Waals surface area contributed by atoms with Crippen LogP contribution in [0.4, 0.5) is 4.39 Å². The Bertz CT molecular complexity index is 509. The highest BCUT2D eigenvalue weighted by atomic mass is 19.1. The van der Waals surface area contributed by atoms with Crippen molar-refractivity contribution in [3.63, 3.8) is 0 Å². The molecule has 20 heavy (non-hydrogen) atoms. The predicted molar refractivity (Wildman–Crippen MR) is 79.4 cm³/mol. The number of benzene rings is 2. The van der Waals surface area contributed by atoms with Crippen molar-refractivity contribution in [2.75, 3.05) is 6.54 Å². The molecule has 2 rings (SSSR count). The molecule has 1 unspecified atom stereocenters. The molecule has 0 aromatic heterocycles. The van der Waals surface area contributed by atoms with Gasteiger partial charge in [-0.2, -0.15) is 0 Å². The van der Waals surface area contributed by atoms with E-state index in [4.69, 9.17) is 0 Å². The van der Waals surface area contributed by atoms with Crippen molar-refractivity contribution in [1.82, 2.24) is 5.32 Å². The van der Waals surface area contributed by atoms with Crippen LogP contribution in [0, 0.1) is 5.82 Å². The van der Waals surface area contributed by atoms with E-state index >= 15 is 0 Å². The molecule has 0 amide bonds. The molecule has 0 spiro atoms. The monoisotopic (exact) mass is 273 g/mol. The number of halogens is 1. The summed E-state index contributed by atoms with van der Waals surface area (Å²) < 4.78 is 13.2. The standard InChI is InChI=1S/C17H20FNO/c1-2-19-16(10-13-5-3-7-15(18)9-13)11-14-6-4-8-17(20)12-14/h3-9,12,16,19-20H,2,10-11H2,1H3. The van der Waals surface area contributed by atoms with E-state index in [1.807, 2.05) is 18.2 Å². The summed E-state index contributed by atoms with van der Waals surface area (Å²) in [5, 5.41) is 12.9. The van der Waals surface area contributed by atoms with Crippen LogP contribution in [0.15, 0.2) is 48.5 Å². The van der Waals surface area contributed by atoms with Crippen LogP contribution in [0.3, 0.4) is 0 Å². The Morgan fingerprint density at radius 1 is 1.05 bits per heavy atom. The van der Waals surface area contributed by atoms with Crippen molar-refractivity contribution >= 4 is 0 Å². The summed E-state index contributed by atoms with van der Waals surface area (Å²) in [6.07, 6.45) is 1.57. The Hall–Kier alpha value is -1.87. The van der Waals surface area contributed by atoms with Crippen LogP contribution in [-0.4, -0.2) is 17.7 Å². The molecular weight excluding hydrogens is 253 g/mol. The van der Waals surface area contributed by atoms with E-state index in [9.17, 15) is 9.50 Å². The summed E-state index contributed by atoms with van der Waals surface area (Å²) in [6.45, 7) is 2.92. The van der Waals surface area contributed by atoms with Crippen LogP contribution in [0.2, 0.25) is 0 Å². The molecule has 0 heterocycles. The zero-order valence-corrected chi connectivity index (χ0v) is 11.6. The second-order valence-corrected chi connectivity index (χ2v) is 4.96. The van der Waals surface area contributed by atoms with Crippen molar-refractivity contribution in [2.45, 2.75) is 25.8 Å². The second-order valence-electron chi connectivity index (χ2n) is 4.96. The SMILES string of the molecule is CCNC(Cc1cccc(O)c1)Cc1cccc(F)c1. The van der Waals surface area contributed by atoms with E-state index in [1.54, 1.807) is 24.3 Å². The van der Waals surface area contributed by atoms with Gasteiger partial charge in [-0.3, -0.25) is 0 Å². The van der Waals surface area contributed by atoms with Gasteiger partial charge >= 0.3 is 0 Å². The Morgan fingerprint density at radius 3 is 2.30 bits per heavy atom. The molecule has 106 valence electrons. The highest BCUT2D eigenvalue weighted by molar-refractivity contribution is 5.28. The first-order valence-electron chi connectivity index (χ1n) is 6.93. The first kappa shape index (κ1) is 14.5. The summed E-state index contributed by atoms with van der Waals surface area (Å²) in [6, 6.07) is 14.2. The maximum atomic E-state index is 13.2. The average Bonchev–Trinajstić information content (AvgIpc) is 2.39. The van der Waals surface area contributed by atoms with Gasteiger partial charge in [-0.1, -0.05) is 31.2 Å². The largest absolute Gasteiger partial charge is 0.508 e. The quantitative estimate of drug-likeness (QED) is 0.846. The van der Waals surface area contributed by atoms with Gasteiger partial charge in [0.2, 0.25) is 0 Å². The molecule has 2 aromatic rings. The summed E-state index contributed by atoms with van der Waals surface area (Å²) in [7, 11) is 0. The van der Waals surface area contributed by atoms with E-state index in [0.29, 0.717) is 0 Å². The fourth-order valence-electron chi connectivity index (χ4n) is 2.42. The van der Waals surface area contributed by atoms with Gasteiger partial charge in [-0.05, 0) is 54.8 Å². The van der Waals surface area contributed by atoms with Crippen LogP contribution in [0.1, 0.15) is 18.1 Å². The van der Waals surface area contributed by atoms with Crippen molar-refractivity contribution < 1.29 is 9.50 Å². The molecule has 2 N–H and O–H groups in total. The molecule has 0 aliphatic carbocycles. The fraction of sp³-hybridized carbons (Fsp3) is 0.294. The lowest BCUT2D eigenvalue weighted by Gasteiger charge is -2.18. The molecule has 0 radical (unpaired) electrons.